The Morgan fingerprint density at radius 1 is 1.04 bits per heavy atom. The first kappa shape index (κ1) is 14.9. The molecule has 0 spiro atoms. The topological polar surface area (TPSA) is 29.9 Å². The van der Waals surface area contributed by atoms with Crippen molar-refractivity contribution >= 4 is 22.1 Å². The molecule has 0 saturated carbocycles. The van der Waals surface area contributed by atoms with Gasteiger partial charge in [0.25, 0.3) is 0 Å². The van der Waals surface area contributed by atoms with E-state index >= 15 is 0 Å². The third-order valence-electron chi connectivity index (χ3n) is 4.69. The average molecular weight is 317 g/mol. The van der Waals surface area contributed by atoms with Crippen molar-refractivity contribution in [3.8, 4) is 11.3 Å². The molecule has 0 aliphatic rings. The quantitative estimate of drug-likeness (QED) is 0.492. The first-order chi connectivity index (χ1) is 11.6. The summed E-state index contributed by atoms with van der Waals surface area (Å²) in [6.07, 6.45) is 3.95. The highest BCUT2D eigenvalue weighted by Crippen LogP contribution is 2.38. The molecule has 3 aromatic heterocycles. The minimum atomic E-state index is 0.397. The Morgan fingerprint density at radius 2 is 1.88 bits per heavy atom. The molecule has 0 bridgehead atoms. The first-order valence-corrected chi connectivity index (χ1v) is 8.33. The van der Waals surface area contributed by atoms with Crippen LogP contribution >= 0.6 is 0 Å². The predicted octanol–water partition coefficient (Wildman–Crippen LogP) is 4.90. The molecule has 0 fully saturated rings. The summed E-state index contributed by atoms with van der Waals surface area (Å²) in [5, 5.41) is 1.08. The van der Waals surface area contributed by atoms with E-state index in [0.29, 0.717) is 5.92 Å². The van der Waals surface area contributed by atoms with Gasteiger partial charge in [-0.3, -0.25) is 4.98 Å². The van der Waals surface area contributed by atoms with E-state index in [4.69, 9.17) is 4.42 Å². The minimum absolute atomic E-state index is 0.397. The monoisotopic (exact) mass is 317 g/mol. The molecule has 0 aliphatic carbocycles. The molecule has 0 N–H and O–H groups in total. The minimum Gasteiger partial charge on any atom is -0.453 e. The van der Waals surface area contributed by atoms with E-state index in [2.05, 4.69) is 73.9 Å². The summed E-state index contributed by atoms with van der Waals surface area (Å²) >= 11 is 0. The lowest BCUT2D eigenvalue weighted by molar-refractivity contribution is -0.660. The van der Waals surface area contributed by atoms with Gasteiger partial charge in [-0.15, -0.1) is 0 Å². The van der Waals surface area contributed by atoms with E-state index in [1.165, 1.54) is 11.1 Å². The van der Waals surface area contributed by atoms with Crippen LogP contribution in [0.25, 0.3) is 33.3 Å². The zero-order valence-corrected chi connectivity index (χ0v) is 14.5. The molecule has 3 heterocycles. The zero-order valence-electron chi connectivity index (χ0n) is 14.5. The summed E-state index contributed by atoms with van der Waals surface area (Å²) in [5.74, 6) is 0.397. The van der Waals surface area contributed by atoms with E-state index in [1.807, 2.05) is 12.3 Å². The number of aromatic nitrogens is 2. The van der Waals surface area contributed by atoms with E-state index in [-0.39, 0.29) is 0 Å². The molecular weight excluding hydrogens is 296 g/mol. The van der Waals surface area contributed by atoms with E-state index in [1.54, 1.807) is 0 Å². The highest BCUT2D eigenvalue weighted by atomic mass is 16.3. The predicted molar refractivity (Wildman–Crippen MR) is 97.0 cm³/mol. The summed E-state index contributed by atoms with van der Waals surface area (Å²) < 4.78 is 8.52. The Balaban J connectivity index is 2.15. The van der Waals surface area contributed by atoms with Gasteiger partial charge in [-0.2, -0.15) is 0 Å². The van der Waals surface area contributed by atoms with Gasteiger partial charge >= 0.3 is 0 Å². The maximum absolute atomic E-state index is 6.39. The number of hydrogen-bond acceptors (Lipinski definition) is 2. The Labute approximate surface area is 141 Å². The average Bonchev–Trinajstić information content (AvgIpc) is 2.94. The summed E-state index contributed by atoms with van der Waals surface area (Å²) in [5.41, 5.74) is 7.48. The second-order valence-electron chi connectivity index (χ2n) is 6.67. The maximum Gasteiger partial charge on any atom is 0.216 e. The van der Waals surface area contributed by atoms with Crippen molar-refractivity contribution in [1.29, 1.82) is 0 Å². The lowest BCUT2D eigenvalue weighted by Gasteiger charge is -2.05. The first-order valence-electron chi connectivity index (χ1n) is 8.33. The third kappa shape index (κ3) is 2.12. The van der Waals surface area contributed by atoms with Gasteiger partial charge in [0.1, 0.15) is 12.6 Å². The number of fused-ring (bicyclic) bond motifs is 3. The molecule has 4 rings (SSSR count). The summed E-state index contributed by atoms with van der Waals surface area (Å²) in [7, 11) is 2.06. The second-order valence-corrected chi connectivity index (χ2v) is 6.67. The van der Waals surface area contributed by atoms with Gasteiger partial charge in [0, 0.05) is 29.3 Å². The van der Waals surface area contributed by atoms with Crippen LogP contribution in [0.4, 0.5) is 0 Å². The maximum atomic E-state index is 6.39. The lowest BCUT2D eigenvalue weighted by Crippen LogP contribution is -2.30. The van der Waals surface area contributed by atoms with Crippen molar-refractivity contribution < 1.29 is 8.98 Å². The Kier molecular flexibility index (Phi) is 3.38. The van der Waals surface area contributed by atoms with Gasteiger partial charge in [0.2, 0.25) is 5.69 Å². The summed E-state index contributed by atoms with van der Waals surface area (Å²) in [6.45, 7) is 6.50. The van der Waals surface area contributed by atoms with E-state index in [0.717, 1.165) is 33.3 Å². The number of hydrogen-bond donors (Lipinski definition) is 0. The fourth-order valence-corrected chi connectivity index (χ4v) is 3.39. The van der Waals surface area contributed by atoms with Crippen molar-refractivity contribution in [3.63, 3.8) is 0 Å². The van der Waals surface area contributed by atoms with E-state index < -0.39 is 0 Å². The fraction of sp³-hybridized carbons (Fsp3) is 0.238. The number of furan rings is 1. The van der Waals surface area contributed by atoms with Gasteiger partial charge in [0.15, 0.2) is 17.4 Å². The summed E-state index contributed by atoms with van der Waals surface area (Å²) in [6, 6.07) is 12.6. The molecule has 0 aliphatic heterocycles. The van der Waals surface area contributed by atoms with Gasteiger partial charge in [-0.1, -0.05) is 19.9 Å². The van der Waals surface area contributed by atoms with Gasteiger partial charge < -0.3 is 4.42 Å². The van der Waals surface area contributed by atoms with Crippen LogP contribution in [-0.2, 0) is 7.05 Å². The molecule has 120 valence electrons. The Bertz CT molecular complexity index is 1060. The molecule has 0 amide bonds. The zero-order chi connectivity index (χ0) is 16.8. The van der Waals surface area contributed by atoms with Crippen LogP contribution in [0.3, 0.4) is 0 Å². The number of aryl methyl sites for hydroxylation is 2. The highest BCUT2D eigenvalue weighted by molar-refractivity contribution is 6.08. The third-order valence-corrected chi connectivity index (χ3v) is 4.69. The largest absolute Gasteiger partial charge is 0.453 e. The molecule has 3 heteroatoms. The smallest absolute Gasteiger partial charge is 0.216 e. The lowest BCUT2D eigenvalue weighted by atomic mass is 10.0. The van der Waals surface area contributed by atoms with Crippen LogP contribution in [-0.4, -0.2) is 4.98 Å². The molecule has 0 radical (unpaired) electrons. The molecule has 0 unspecified atom stereocenters. The highest BCUT2D eigenvalue weighted by Gasteiger charge is 2.21. The van der Waals surface area contributed by atoms with Crippen LogP contribution in [0.2, 0.25) is 0 Å². The van der Waals surface area contributed by atoms with Crippen molar-refractivity contribution in [2.75, 3.05) is 0 Å². The molecule has 0 saturated heterocycles. The number of benzene rings is 1. The van der Waals surface area contributed by atoms with Crippen molar-refractivity contribution in [3.05, 3.63) is 59.9 Å². The normalized spacial score (nSPS) is 11.7. The van der Waals surface area contributed by atoms with E-state index in [9.17, 15) is 0 Å². The number of pyridine rings is 2. The van der Waals surface area contributed by atoms with Crippen LogP contribution < -0.4 is 4.57 Å². The second kappa shape index (κ2) is 5.45. The molecule has 24 heavy (non-hydrogen) atoms. The SMILES string of the molecule is Cc1ccc2c(oc3c(C(C)C)ccnc32)c1-c1cccc[n+]1C. The summed E-state index contributed by atoms with van der Waals surface area (Å²) in [4.78, 5) is 4.60. The van der Waals surface area contributed by atoms with Crippen molar-refractivity contribution in [1.82, 2.24) is 4.98 Å². The molecule has 4 aromatic rings. The fourth-order valence-electron chi connectivity index (χ4n) is 3.39. The molecule has 1 aromatic carbocycles. The molecule has 0 atom stereocenters. The van der Waals surface area contributed by atoms with Gasteiger partial charge in [-0.05, 0) is 36.6 Å². The molecule has 3 nitrogen and oxygen atoms in total. The van der Waals surface area contributed by atoms with Gasteiger partial charge in [0.05, 0.1) is 5.56 Å². The van der Waals surface area contributed by atoms with Crippen LogP contribution in [0.15, 0.2) is 53.2 Å². The Hall–Kier alpha value is -2.68. The van der Waals surface area contributed by atoms with Crippen molar-refractivity contribution in [2.24, 2.45) is 7.05 Å². The van der Waals surface area contributed by atoms with Gasteiger partial charge in [-0.25, -0.2) is 4.57 Å². The Morgan fingerprint density at radius 3 is 2.62 bits per heavy atom. The molecular formula is C21H21N2O+. The van der Waals surface area contributed by atoms with Crippen LogP contribution in [0.5, 0.6) is 0 Å². The van der Waals surface area contributed by atoms with Crippen LogP contribution in [0.1, 0.15) is 30.9 Å². The van der Waals surface area contributed by atoms with Crippen LogP contribution in [0, 0.1) is 6.92 Å². The number of nitrogens with zero attached hydrogens (tertiary/aromatic N) is 2. The standard InChI is InChI=1S/C21H21N2O/c1-13(2)15-10-11-22-19-16-9-8-14(3)18(20(16)24-21(15)19)17-7-5-6-12-23(17)4/h5-13H,1-4H3/q+1. The van der Waals surface area contributed by atoms with Crippen molar-refractivity contribution in [2.45, 2.75) is 26.7 Å². The number of rotatable bonds is 2.